The minimum Gasteiger partial charge on any atom is -0.493 e. The Labute approximate surface area is 209 Å². The van der Waals surface area contributed by atoms with E-state index >= 15 is 0 Å². The maximum atomic E-state index is 13.2. The highest BCUT2D eigenvalue weighted by Gasteiger charge is 2.18. The summed E-state index contributed by atoms with van der Waals surface area (Å²) in [7, 11) is 3.21. The van der Waals surface area contributed by atoms with Crippen LogP contribution in [0, 0.1) is 0 Å². The maximum absolute atomic E-state index is 13.2. The highest BCUT2D eigenvalue weighted by atomic mass is 16.5. The van der Waals surface area contributed by atoms with Crippen LogP contribution in [-0.4, -0.2) is 41.3 Å². The van der Waals surface area contributed by atoms with Crippen molar-refractivity contribution in [1.29, 1.82) is 0 Å². The number of ether oxygens (including phenoxy) is 2. The lowest BCUT2D eigenvalue weighted by atomic mass is 10.1. The Bertz CT molecular complexity index is 1500. The first-order valence-corrected chi connectivity index (χ1v) is 11.7. The molecule has 0 spiro atoms. The molecule has 3 aromatic carbocycles. The van der Waals surface area contributed by atoms with Crippen molar-refractivity contribution < 1.29 is 14.3 Å². The number of hydrogen-bond donors (Lipinski definition) is 1. The van der Waals surface area contributed by atoms with E-state index in [1.165, 1.54) is 0 Å². The zero-order valence-electron chi connectivity index (χ0n) is 20.1. The summed E-state index contributed by atoms with van der Waals surface area (Å²) in [6, 6.07) is 27.7. The van der Waals surface area contributed by atoms with Crippen LogP contribution in [0.15, 0.2) is 91.1 Å². The third-order valence-corrected chi connectivity index (χ3v) is 6.00. The van der Waals surface area contributed by atoms with Crippen molar-refractivity contribution in [1.82, 2.24) is 19.9 Å². The van der Waals surface area contributed by atoms with Gasteiger partial charge >= 0.3 is 0 Å². The lowest BCUT2D eigenvalue weighted by Gasteiger charge is -2.11. The van der Waals surface area contributed by atoms with Crippen LogP contribution in [0.1, 0.15) is 15.9 Å². The predicted molar refractivity (Wildman–Crippen MR) is 139 cm³/mol. The molecule has 36 heavy (non-hydrogen) atoms. The minimum atomic E-state index is -0.220. The van der Waals surface area contributed by atoms with Crippen LogP contribution in [-0.2, 0) is 6.42 Å². The largest absolute Gasteiger partial charge is 0.493 e. The number of aromatic nitrogens is 3. The van der Waals surface area contributed by atoms with Crippen LogP contribution in [0.3, 0.4) is 0 Å². The molecule has 1 N–H and O–H groups in total. The molecule has 0 saturated heterocycles. The molecule has 2 aromatic heterocycles. The second-order valence-corrected chi connectivity index (χ2v) is 8.25. The lowest BCUT2D eigenvalue weighted by molar-refractivity contribution is 0.0955. The summed E-state index contributed by atoms with van der Waals surface area (Å²) in [5.74, 6) is 1.11. The monoisotopic (exact) mass is 478 g/mol. The van der Waals surface area contributed by atoms with E-state index in [1.54, 1.807) is 24.9 Å². The van der Waals surface area contributed by atoms with Gasteiger partial charge in [-0.25, -0.2) is 9.50 Å². The van der Waals surface area contributed by atoms with Crippen molar-refractivity contribution in [3.8, 4) is 34.0 Å². The van der Waals surface area contributed by atoms with Gasteiger partial charge in [-0.05, 0) is 30.2 Å². The number of benzene rings is 3. The van der Waals surface area contributed by atoms with Gasteiger partial charge in [-0.15, -0.1) is 0 Å². The Kier molecular flexibility index (Phi) is 6.62. The van der Waals surface area contributed by atoms with Gasteiger partial charge in [0.2, 0.25) is 0 Å². The van der Waals surface area contributed by atoms with Gasteiger partial charge in [0.15, 0.2) is 17.1 Å². The first kappa shape index (κ1) is 23.1. The average molecular weight is 479 g/mol. The Balaban J connectivity index is 1.44. The third kappa shape index (κ3) is 4.63. The van der Waals surface area contributed by atoms with Gasteiger partial charge < -0.3 is 14.8 Å². The predicted octanol–water partition coefficient (Wildman–Crippen LogP) is 5.05. The van der Waals surface area contributed by atoms with Crippen LogP contribution >= 0.6 is 0 Å². The van der Waals surface area contributed by atoms with Crippen LogP contribution in [0.2, 0.25) is 0 Å². The van der Waals surface area contributed by atoms with Gasteiger partial charge in [0.1, 0.15) is 5.56 Å². The number of amides is 1. The zero-order chi connectivity index (χ0) is 24.9. The first-order valence-electron chi connectivity index (χ1n) is 11.7. The zero-order valence-corrected chi connectivity index (χ0v) is 20.1. The molecule has 0 aliphatic heterocycles. The molecular formula is C29H26N4O3. The van der Waals surface area contributed by atoms with Gasteiger partial charge in [0.25, 0.3) is 5.91 Å². The SMILES string of the molecule is COc1ccc(CCNC(=O)c2cnn3c(-c4ccccc4)cc(-c4ccccc4)nc23)cc1OC. The fourth-order valence-electron chi connectivity index (χ4n) is 4.15. The standard InChI is InChI=1S/C29H26N4O3/c1-35-26-14-13-20(17-27(26)36-2)15-16-30-29(34)23-19-31-33-25(22-11-7-4-8-12-22)18-24(32-28(23)33)21-9-5-3-6-10-21/h3-14,17-19H,15-16H2,1-2H3,(H,30,34). The number of hydrogen-bond acceptors (Lipinski definition) is 5. The van der Waals surface area contributed by atoms with Crippen molar-refractivity contribution in [3.05, 3.63) is 102 Å². The van der Waals surface area contributed by atoms with E-state index in [9.17, 15) is 4.79 Å². The second-order valence-electron chi connectivity index (χ2n) is 8.25. The summed E-state index contributed by atoms with van der Waals surface area (Å²) in [5, 5.41) is 7.53. The molecule has 0 unspecified atom stereocenters. The van der Waals surface area contributed by atoms with Crippen LogP contribution in [0.4, 0.5) is 0 Å². The number of carbonyl (C=O) groups is 1. The Morgan fingerprint density at radius 1 is 0.861 bits per heavy atom. The Morgan fingerprint density at radius 2 is 1.56 bits per heavy atom. The van der Waals surface area contributed by atoms with Crippen molar-refractivity contribution in [2.24, 2.45) is 0 Å². The highest BCUT2D eigenvalue weighted by molar-refractivity contribution is 6.00. The highest BCUT2D eigenvalue weighted by Crippen LogP contribution is 2.28. The molecule has 5 rings (SSSR count). The van der Waals surface area contributed by atoms with Crippen molar-refractivity contribution in [3.63, 3.8) is 0 Å². The van der Waals surface area contributed by atoms with Crippen molar-refractivity contribution >= 4 is 11.6 Å². The van der Waals surface area contributed by atoms with E-state index in [4.69, 9.17) is 14.5 Å². The number of methoxy groups -OCH3 is 2. The van der Waals surface area contributed by atoms with Gasteiger partial charge in [-0.3, -0.25) is 4.79 Å². The normalized spacial score (nSPS) is 10.8. The summed E-state index contributed by atoms with van der Waals surface area (Å²) in [4.78, 5) is 18.0. The molecular weight excluding hydrogens is 452 g/mol. The summed E-state index contributed by atoms with van der Waals surface area (Å²) < 4.78 is 12.4. The summed E-state index contributed by atoms with van der Waals surface area (Å²) >= 11 is 0. The molecule has 0 atom stereocenters. The molecule has 7 nitrogen and oxygen atoms in total. The fraction of sp³-hybridized carbons (Fsp3) is 0.138. The van der Waals surface area contributed by atoms with Crippen LogP contribution < -0.4 is 14.8 Å². The average Bonchev–Trinajstić information content (AvgIpc) is 3.37. The minimum absolute atomic E-state index is 0.220. The summed E-state index contributed by atoms with van der Waals surface area (Å²) in [6.45, 7) is 0.454. The van der Waals surface area contributed by atoms with E-state index in [0.717, 1.165) is 28.1 Å². The number of nitrogens with one attached hydrogen (secondary N) is 1. The Morgan fingerprint density at radius 3 is 2.25 bits per heavy atom. The van der Waals surface area contributed by atoms with E-state index in [1.807, 2.05) is 84.9 Å². The van der Waals surface area contributed by atoms with Crippen molar-refractivity contribution in [2.45, 2.75) is 6.42 Å². The van der Waals surface area contributed by atoms with E-state index in [0.29, 0.717) is 35.7 Å². The van der Waals surface area contributed by atoms with Crippen LogP contribution in [0.5, 0.6) is 11.5 Å². The van der Waals surface area contributed by atoms with Gasteiger partial charge in [0, 0.05) is 17.7 Å². The third-order valence-electron chi connectivity index (χ3n) is 6.00. The van der Waals surface area contributed by atoms with Gasteiger partial charge in [0.05, 0.1) is 31.8 Å². The quantitative estimate of drug-likeness (QED) is 0.338. The van der Waals surface area contributed by atoms with Crippen molar-refractivity contribution in [2.75, 3.05) is 20.8 Å². The number of nitrogens with zero attached hydrogens (tertiary/aromatic N) is 3. The molecule has 0 radical (unpaired) electrons. The fourth-order valence-corrected chi connectivity index (χ4v) is 4.15. The molecule has 0 saturated carbocycles. The Hall–Kier alpha value is -4.65. The molecule has 5 aromatic rings. The molecule has 2 heterocycles. The topological polar surface area (TPSA) is 77.8 Å². The van der Waals surface area contributed by atoms with Gasteiger partial charge in [-0.2, -0.15) is 5.10 Å². The van der Waals surface area contributed by atoms with Crippen LogP contribution in [0.25, 0.3) is 28.2 Å². The number of rotatable bonds is 8. The van der Waals surface area contributed by atoms with E-state index in [2.05, 4.69) is 10.4 Å². The summed E-state index contributed by atoms with van der Waals surface area (Å²) in [6.07, 6.45) is 2.22. The molecule has 0 aliphatic carbocycles. The smallest absolute Gasteiger partial charge is 0.256 e. The van der Waals surface area contributed by atoms with E-state index in [-0.39, 0.29) is 5.91 Å². The number of carbonyl (C=O) groups excluding carboxylic acids is 1. The van der Waals surface area contributed by atoms with E-state index < -0.39 is 0 Å². The number of fused-ring (bicyclic) bond motifs is 1. The lowest BCUT2D eigenvalue weighted by Crippen LogP contribution is -2.25. The maximum Gasteiger partial charge on any atom is 0.256 e. The second kappa shape index (κ2) is 10.3. The summed E-state index contributed by atoms with van der Waals surface area (Å²) in [5.41, 5.74) is 5.58. The molecule has 0 aliphatic rings. The van der Waals surface area contributed by atoms with Gasteiger partial charge in [-0.1, -0.05) is 66.7 Å². The first-order chi connectivity index (χ1) is 17.7. The molecule has 7 heteroatoms. The molecule has 0 bridgehead atoms. The molecule has 1 amide bonds. The molecule has 180 valence electrons. The molecule has 0 fully saturated rings.